The third-order valence-electron chi connectivity index (χ3n) is 13.4. The summed E-state index contributed by atoms with van der Waals surface area (Å²) in [7, 11) is 2.54. The number of esters is 2. The summed E-state index contributed by atoms with van der Waals surface area (Å²) in [5.41, 5.74) is 4.83. The summed E-state index contributed by atoms with van der Waals surface area (Å²) in [5, 5.41) is 24.2. The van der Waals surface area contributed by atoms with Crippen molar-refractivity contribution in [3.63, 3.8) is 0 Å². The van der Waals surface area contributed by atoms with Crippen molar-refractivity contribution in [1.82, 2.24) is 19.5 Å². The van der Waals surface area contributed by atoms with Crippen LogP contribution in [0.2, 0.25) is 20.1 Å². The van der Waals surface area contributed by atoms with Crippen molar-refractivity contribution in [3.05, 3.63) is 228 Å². The van der Waals surface area contributed by atoms with E-state index >= 15 is 0 Å². The molecule has 8 aromatic carbocycles. The van der Waals surface area contributed by atoms with Gasteiger partial charge >= 0.3 is 23.9 Å². The van der Waals surface area contributed by atoms with Crippen LogP contribution >= 0.6 is 58.0 Å². The maximum Gasteiger partial charge on any atom is 0.337 e. The molecular formula is C61H41Cl5N4O12. The minimum Gasteiger partial charge on any atom is -0.478 e. The Morgan fingerprint density at radius 1 is 0.415 bits per heavy atom. The largest absolute Gasteiger partial charge is 0.478 e. The van der Waals surface area contributed by atoms with E-state index in [0.717, 1.165) is 6.07 Å². The predicted octanol–water partition coefficient (Wildman–Crippen LogP) is 13.5. The lowest BCUT2D eigenvalue weighted by Crippen LogP contribution is -2.14. The van der Waals surface area contributed by atoms with Gasteiger partial charge in [0.1, 0.15) is 0 Å². The number of pyridine rings is 4. The van der Waals surface area contributed by atoms with Gasteiger partial charge in [-0.3, -0.25) is 19.2 Å². The zero-order valence-electron chi connectivity index (χ0n) is 41.9. The summed E-state index contributed by atoms with van der Waals surface area (Å²) in [6.45, 7) is 0.0130. The van der Waals surface area contributed by atoms with E-state index in [1.165, 1.54) is 32.4 Å². The van der Waals surface area contributed by atoms with Crippen LogP contribution in [0.25, 0.3) is 87.2 Å². The molecule has 412 valence electrons. The first-order chi connectivity index (χ1) is 38.7. The minimum absolute atomic E-state index is 0. The molecule has 12 rings (SSSR count). The first-order valence-electron chi connectivity index (χ1n) is 24.0. The number of nitrogens with one attached hydrogen (secondary N) is 3. The van der Waals surface area contributed by atoms with Gasteiger partial charge in [0.2, 0.25) is 0 Å². The van der Waals surface area contributed by atoms with Crippen LogP contribution in [-0.4, -0.2) is 67.8 Å². The fourth-order valence-electron chi connectivity index (χ4n) is 9.60. The van der Waals surface area contributed by atoms with Crippen molar-refractivity contribution in [2.45, 2.75) is 19.9 Å². The van der Waals surface area contributed by atoms with E-state index in [1.54, 1.807) is 114 Å². The molecule has 0 amide bonds. The number of alkyl halides is 1. The van der Waals surface area contributed by atoms with E-state index in [2.05, 4.69) is 24.4 Å². The molecule has 0 atom stereocenters. The molecule has 0 saturated carbocycles. The van der Waals surface area contributed by atoms with Gasteiger partial charge in [0, 0.05) is 92.2 Å². The lowest BCUT2D eigenvalue weighted by molar-refractivity contribution is 0.0595. The minimum atomic E-state index is -1.27. The zero-order valence-corrected chi connectivity index (χ0v) is 45.7. The molecule has 5 N–H and O–H groups in total. The molecule has 0 aliphatic heterocycles. The van der Waals surface area contributed by atoms with E-state index in [1.807, 2.05) is 0 Å². The highest BCUT2D eigenvalue weighted by Crippen LogP contribution is 2.29. The Labute approximate surface area is 486 Å². The van der Waals surface area contributed by atoms with E-state index in [9.17, 15) is 48.6 Å². The average molecular weight is 1200 g/mol. The summed E-state index contributed by atoms with van der Waals surface area (Å²) < 4.78 is 10.9. The van der Waals surface area contributed by atoms with Crippen LogP contribution in [0.3, 0.4) is 0 Å². The molecule has 0 radical (unpaired) electrons. The van der Waals surface area contributed by atoms with Crippen LogP contribution in [-0.2, 0) is 21.9 Å². The molecule has 0 unspecified atom stereocenters. The first kappa shape index (κ1) is 57.6. The van der Waals surface area contributed by atoms with E-state index in [-0.39, 0.29) is 63.8 Å². The number of ether oxygens (including phenoxy) is 2. The van der Waals surface area contributed by atoms with Crippen LogP contribution in [0.1, 0.15) is 60.0 Å². The molecule has 16 nitrogen and oxygen atoms in total. The van der Waals surface area contributed by atoms with Gasteiger partial charge < -0.3 is 39.2 Å². The Morgan fingerprint density at radius 2 is 0.744 bits per heavy atom. The quantitative estimate of drug-likeness (QED) is 0.0568. The van der Waals surface area contributed by atoms with Crippen molar-refractivity contribution < 1.29 is 38.9 Å². The number of aromatic amines is 3. The number of carbonyl (C=O) groups excluding carboxylic acids is 2. The fraction of sp³-hybridized carbons (Fsp3) is 0.0820. The van der Waals surface area contributed by atoms with Crippen molar-refractivity contribution >= 4 is 169 Å². The SMILES string of the molecule is C.COC(=O)c1cc(CCl)cc(C(=O)OC)c1.O=C(O)c1cc(Cn2c3ccc(Cl)cc3c(=O)c3cc4[nH]c5ccc(Cl)cc5c(=O)c4cc32)cc(C(=O)O)c1.O=c1c2cc(Cl)ccc2[nH]c2cc3c(=O)c4cc(Cl)ccc4[nH]c3cc12. The number of hydrogen-bond acceptors (Lipinski definition) is 10. The van der Waals surface area contributed by atoms with Crippen LogP contribution in [0.15, 0.2) is 153 Å². The monoisotopic (exact) mass is 1200 g/mol. The number of H-pyrrole nitrogens is 3. The Hall–Kier alpha value is -9.03. The standard InChI is InChI=1S/C29H16Cl2N2O6.C20H10Cl2N2O2.C11H11ClO4.CH4/c30-16-1-3-22-18(8-16)26(34)19-11-25-21(10-23(19)32-22)27(35)20-9-17(31)2-4-24(20)33(25)12-13-5-14(28(36)37)7-15(6-13)29(38)39;21-9-1-3-15-11(5-9)19(25)13-8-18-14(7-17(13)23-15)20(26)12-6-10(22)2-4-16(12)24-18;1-15-10(13)8-3-7(6-12)4-9(5-8)11(14)16-2;/h1-11H,12H2,(H,32,34)(H,36,37)(H,38,39);1-8H,(H,23,25)(H,24,26);3-5H,6H2,1-2H3;1H4. The molecule has 0 saturated heterocycles. The highest BCUT2D eigenvalue weighted by Gasteiger charge is 2.19. The number of rotatable bonds is 7. The summed E-state index contributed by atoms with van der Waals surface area (Å²) >= 11 is 30.1. The number of hydrogen-bond donors (Lipinski definition) is 5. The van der Waals surface area contributed by atoms with Crippen molar-refractivity contribution in [3.8, 4) is 0 Å². The van der Waals surface area contributed by atoms with E-state index in [4.69, 9.17) is 58.0 Å². The van der Waals surface area contributed by atoms with Gasteiger partial charge in [-0.25, -0.2) is 19.2 Å². The Morgan fingerprint density at radius 3 is 1.15 bits per heavy atom. The number of halogens is 5. The number of methoxy groups -OCH3 is 2. The molecule has 82 heavy (non-hydrogen) atoms. The normalized spacial score (nSPS) is 11.1. The smallest absolute Gasteiger partial charge is 0.337 e. The lowest BCUT2D eigenvalue weighted by atomic mass is 10.0. The molecule has 0 spiro atoms. The van der Waals surface area contributed by atoms with Gasteiger partial charge in [-0.1, -0.05) is 53.8 Å². The second-order valence-corrected chi connectivity index (χ2v) is 20.4. The van der Waals surface area contributed by atoms with E-state index in [0.29, 0.717) is 118 Å². The number of carboxylic acids is 2. The molecule has 21 heteroatoms. The second-order valence-electron chi connectivity index (χ2n) is 18.4. The number of benzene rings is 8. The van der Waals surface area contributed by atoms with Gasteiger partial charge in [-0.05, 0) is 145 Å². The van der Waals surface area contributed by atoms with Gasteiger partial charge in [0.25, 0.3) is 0 Å². The number of aromatic carboxylic acids is 2. The molecular weight excluding hydrogens is 1160 g/mol. The van der Waals surface area contributed by atoms with Crippen molar-refractivity contribution in [2.75, 3.05) is 14.2 Å². The Balaban J connectivity index is 0.000000162. The Bertz CT molecular complexity index is 4790. The highest BCUT2D eigenvalue weighted by atomic mass is 35.5. The molecule has 0 aliphatic rings. The molecule has 0 fully saturated rings. The third kappa shape index (κ3) is 11.1. The molecule has 4 aromatic heterocycles. The maximum atomic E-state index is 13.6. The van der Waals surface area contributed by atoms with E-state index < -0.39 is 23.9 Å². The van der Waals surface area contributed by atoms with Gasteiger partial charge in [-0.2, -0.15) is 0 Å². The van der Waals surface area contributed by atoms with Crippen LogP contribution in [0.5, 0.6) is 0 Å². The number of nitrogens with zero attached hydrogens (tertiary/aromatic N) is 1. The van der Waals surface area contributed by atoms with Gasteiger partial charge in [0.05, 0.1) is 64.1 Å². The second kappa shape index (κ2) is 23.2. The number of aromatic nitrogens is 4. The maximum absolute atomic E-state index is 13.6. The van der Waals surface area contributed by atoms with Gasteiger partial charge in [-0.15, -0.1) is 11.6 Å². The van der Waals surface area contributed by atoms with Crippen LogP contribution in [0, 0.1) is 0 Å². The van der Waals surface area contributed by atoms with Crippen LogP contribution in [0.4, 0.5) is 0 Å². The third-order valence-corrected chi connectivity index (χ3v) is 14.6. The number of carboxylic acid groups (broad SMARTS) is 2. The predicted molar refractivity (Wildman–Crippen MR) is 324 cm³/mol. The summed E-state index contributed by atoms with van der Waals surface area (Å²) in [6, 6.07) is 35.0. The molecule has 12 aromatic rings. The number of fused-ring (bicyclic) bond motifs is 8. The molecule has 0 aliphatic carbocycles. The fourth-order valence-corrected chi connectivity index (χ4v) is 10.4. The Kier molecular flexibility index (Phi) is 16.3. The summed E-state index contributed by atoms with van der Waals surface area (Å²) in [6.07, 6.45) is 0. The molecule has 4 heterocycles. The lowest BCUT2D eigenvalue weighted by Gasteiger charge is -2.17. The highest BCUT2D eigenvalue weighted by molar-refractivity contribution is 6.32. The number of carbonyl (C=O) groups is 4. The zero-order chi connectivity index (χ0) is 57.7. The first-order valence-corrected chi connectivity index (χ1v) is 26.1. The average Bonchev–Trinajstić information content (AvgIpc) is 1.67. The topological polar surface area (TPSA) is 248 Å². The summed E-state index contributed by atoms with van der Waals surface area (Å²) in [4.78, 5) is 109. The summed E-state index contributed by atoms with van der Waals surface area (Å²) in [5.74, 6) is -3.38. The molecule has 0 bridgehead atoms. The van der Waals surface area contributed by atoms with Crippen molar-refractivity contribution in [2.24, 2.45) is 0 Å². The van der Waals surface area contributed by atoms with Crippen molar-refractivity contribution in [1.29, 1.82) is 0 Å². The van der Waals surface area contributed by atoms with Gasteiger partial charge in [0.15, 0.2) is 21.7 Å². The van der Waals surface area contributed by atoms with Crippen LogP contribution < -0.4 is 21.7 Å².